The minimum absolute atomic E-state index is 0.0618. The Morgan fingerprint density at radius 3 is 2.40 bits per heavy atom. The highest BCUT2D eigenvalue weighted by atomic mass is 28.3. The summed E-state index contributed by atoms with van der Waals surface area (Å²) in [6.07, 6.45) is 8.48. The standard InChI is InChI=1S/C32H45N2Si/c1-12-23(5)33-24(6)31-27(18-19-32(7,8)13-2)25-16-14-15-17-26(25)29-20-28(22(3)4)30(21-34(29)31)35(9,10)11/h12-17,20-22,27,31H,1-2,6,18-19H2,3-5,7-11H3/q+1. The van der Waals surface area contributed by atoms with E-state index in [4.69, 9.17) is 4.99 Å². The van der Waals surface area contributed by atoms with E-state index >= 15 is 0 Å². The van der Waals surface area contributed by atoms with Gasteiger partial charge in [-0.3, -0.25) is 4.99 Å². The number of hydrogen-bond acceptors (Lipinski definition) is 1. The maximum absolute atomic E-state index is 4.93. The van der Waals surface area contributed by atoms with E-state index in [9.17, 15) is 0 Å². The normalized spacial score (nSPS) is 18.1. The molecule has 2 atom stereocenters. The van der Waals surface area contributed by atoms with E-state index in [1.807, 2.05) is 13.0 Å². The molecule has 2 aromatic rings. The number of nitrogens with zero attached hydrogens (tertiary/aromatic N) is 2. The number of hydrogen-bond donors (Lipinski definition) is 0. The van der Waals surface area contributed by atoms with Crippen molar-refractivity contribution in [3.05, 3.63) is 85.2 Å². The molecule has 0 amide bonds. The lowest BCUT2D eigenvalue weighted by Gasteiger charge is -2.34. The van der Waals surface area contributed by atoms with Gasteiger partial charge in [-0.1, -0.05) is 84.8 Å². The van der Waals surface area contributed by atoms with Crippen molar-refractivity contribution in [2.24, 2.45) is 10.4 Å². The van der Waals surface area contributed by atoms with Crippen molar-refractivity contribution < 1.29 is 4.57 Å². The van der Waals surface area contributed by atoms with E-state index in [0.29, 0.717) is 5.92 Å². The molecule has 1 aliphatic rings. The van der Waals surface area contributed by atoms with Gasteiger partial charge in [0.05, 0.1) is 14.0 Å². The summed E-state index contributed by atoms with van der Waals surface area (Å²) in [4.78, 5) is 4.93. The van der Waals surface area contributed by atoms with Crippen LogP contribution in [0, 0.1) is 5.41 Å². The minimum Gasteiger partial charge on any atom is -0.252 e. The Morgan fingerprint density at radius 2 is 1.83 bits per heavy atom. The van der Waals surface area contributed by atoms with E-state index < -0.39 is 8.07 Å². The molecule has 1 aromatic heterocycles. The molecule has 0 saturated heterocycles. The number of rotatable bonds is 9. The first kappa shape index (κ1) is 27.1. The predicted octanol–water partition coefficient (Wildman–Crippen LogP) is 8.10. The summed E-state index contributed by atoms with van der Waals surface area (Å²) in [6, 6.07) is 11.5. The fourth-order valence-electron chi connectivity index (χ4n) is 5.23. The highest BCUT2D eigenvalue weighted by molar-refractivity contribution is 6.89. The average Bonchev–Trinajstić information content (AvgIpc) is 2.80. The van der Waals surface area contributed by atoms with Gasteiger partial charge >= 0.3 is 0 Å². The number of fused-ring (bicyclic) bond motifs is 3. The van der Waals surface area contributed by atoms with E-state index in [-0.39, 0.29) is 17.4 Å². The molecule has 3 rings (SSSR count). The number of aromatic nitrogens is 1. The topological polar surface area (TPSA) is 16.2 Å². The lowest BCUT2D eigenvalue weighted by atomic mass is 9.75. The zero-order chi connectivity index (χ0) is 26.1. The number of benzene rings is 1. The fourth-order valence-corrected chi connectivity index (χ4v) is 6.98. The molecular formula is C32H45N2Si+. The van der Waals surface area contributed by atoms with Gasteiger partial charge in [0, 0.05) is 22.5 Å². The first-order valence-electron chi connectivity index (χ1n) is 13.0. The number of aliphatic imine (C=N–C) groups is 1. The van der Waals surface area contributed by atoms with E-state index in [1.165, 1.54) is 27.6 Å². The summed E-state index contributed by atoms with van der Waals surface area (Å²) in [6.45, 7) is 31.1. The highest BCUT2D eigenvalue weighted by Crippen LogP contribution is 2.45. The molecule has 2 unspecified atom stereocenters. The summed E-state index contributed by atoms with van der Waals surface area (Å²) in [5.41, 5.74) is 7.40. The summed E-state index contributed by atoms with van der Waals surface area (Å²) >= 11 is 0. The number of allylic oxidation sites excluding steroid dienone is 3. The average molecular weight is 486 g/mol. The molecule has 3 heteroatoms. The third-order valence-corrected chi connectivity index (χ3v) is 9.54. The molecule has 0 N–H and O–H groups in total. The Kier molecular flexibility index (Phi) is 7.91. The lowest BCUT2D eigenvalue weighted by molar-refractivity contribution is -0.708. The smallest absolute Gasteiger partial charge is 0.213 e. The van der Waals surface area contributed by atoms with Crippen molar-refractivity contribution in [2.45, 2.75) is 85.0 Å². The highest BCUT2D eigenvalue weighted by Gasteiger charge is 2.43. The van der Waals surface area contributed by atoms with Crippen LogP contribution in [0.2, 0.25) is 19.6 Å². The summed E-state index contributed by atoms with van der Waals surface area (Å²) in [5.74, 6) is 0.764. The molecule has 0 radical (unpaired) electrons. The Hall–Kier alpha value is -2.52. The maximum atomic E-state index is 4.93. The summed E-state index contributed by atoms with van der Waals surface area (Å²) in [5, 5.41) is 1.53. The van der Waals surface area contributed by atoms with Gasteiger partial charge < -0.3 is 0 Å². The Morgan fingerprint density at radius 1 is 1.17 bits per heavy atom. The fraction of sp³-hybridized carbons (Fsp3) is 0.438. The van der Waals surface area contributed by atoms with Gasteiger partial charge in [0.15, 0.2) is 6.20 Å². The molecule has 2 nitrogen and oxygen atoms in total. The van der Waals surface area contributed by atoms with Crippen molar-refractivity contribution in [3.8, 4) is 11.3 Å². The van der Waals surface area contributed by atoms with Gasteiger partial charge in [-0.2, -0.15) is 4.57 Å². The second-order valence-electron chi connectivity index (χ2n) is 12.2. The second-order valence-corrected chi connectivity index (χ2v) is 17.2. The van der Waals surface area contributed by atoms with Crippen molar-refractivity contribution in [3.63, 3.8) is 0 Å². The quantitative estimate of drug-likeness (QED) is 0.148. The van der Waals surface area contributed by atoms with Crippen LogP contribution in [0.4, 0.5) is 0 Å². The zero-order valence-electron chi connectivity index (χ0n) is 23.3. The molecule has 0 bridgehead atoms. The monoisotopic (exact) mass is 485 g/mol. The second kappa shape index (κ2) is 10.2. The van der Waals surface area contributed by atoms with Crippen LogP contribution in [0.5, 0.6) is 0 Å². The van der Waals surface area contributed by atoms with E-state index in [0.717, 1.165) is 24.3 Å². The molecule has 0 saturated carbocycles. The predicted molar refractivity (Wildman–Crippen MR) is 157 cm³/mol. The Labute approximate surface area is 215 Å². The van der Waals surface area contributed by atoms with Gasteiger partial charge in [-0.15, -0.1) is 6.58 Å². The van der Waals surface area contributed by atoms with E-state index in [2.05, 4.69) is 114 Å². The lowest BCUT2D eigenvalue weighted by Crippen LogP contribution is -2.54. The van der Waals surface area contributed by atoms with Gasteiger partial charge in [-0.25, -0.2) is 0 Å². The van der Waals surface area contributed by atoms with Crippen LogP contribution >= 0.6 is 0 Å². The van der Waals surface area contributed by atoms with Gasteiger partial charge in [0.1, 0.15) is 5.70 Å². The first-order chi connectivity index (χ1) is 16.3. The van der Waals surface area contributed by atoms with Gasteiger partial charge in [0.25, 0.3) is 0 Å². The van der Waals surface area contributed by atoms with Crippen LogP contribution in [0.25, 0.3) is 11.3 Å². The van der Waals surface area contributed by atoms with Crippen LogP contribution in [0.1, 0.15) is 76.5 Å². The molecule has 0 fully saturated rings. The zero-order valence-corrected chi connectivity index (χ0v) is 24.3. The molecule has 0 spiro atoms. The molecular weight excluding hydrogens is 440 g/mol. The molecule has 0 aliphatic carbocycles. The molecule has 1 aliphatic heterocycles. The van der Waals surface area contributed by atoms with Crippen LogP contribution in [0.3, 0.4) is 0 Å². The molecule has 2 heterocycles. The van der Waals surface area contributed by atoms with Gasteiger partial charge in [0.2, 0.25) is 11.7 Å². The van der Waals surface area contributed by atoms with Crippen LogP contribution < -0.4 is 9.75 Å². The van der Waals surface area contributed by atoms with Gasteiger partial charge in [-0.05, 0) is 54.4 Å². The molecule has 1 aromatic carbocycles. The maximum Gasteiger partial charge on any atom is 0.213 e. The van der Waals surface area contributed by atoms with Crippen molar-refractivity contribution in [1.29, 1.82) is 0 Å². The first-order valence-corrected chi connectivity index (χ1v) is 16.5. The summed E-state index contributed by atoms with van der Waals surface area (Å²) in [7, 11) is -1.59. The summed E-state index contributed by atoms with van der Waals surface area (Å²) < 4.78 is 2.51. The Bertz CT molecular complexity index is 1160. The third-order valence-electron chi connectivity index (χ3n) is 7.51. The number of pyridine rings is 1. The molecule has 35 heavy (non-hydrogen) atoms. The third kappa shape index (κ3) is 5.67. The SMILES string of the molecule is C=CC(C)=NC(=C)C1C(CCC(C)(C)C=C)c2ccccc2-c2cc(C(C)C)c([Si](C)(C)C)c[n+]21. The van der Waals surface area contributed by atoms with Crippen molar-refractivity contribution in [2.75, 3.05) is 0 Å². The van der Waals surface area contributed by atoms with Crippen molar-refractivity contribution in [1.82, 2.24) is 0 Å². The van der Waals surface area contributed by atoms with E-state index in [1.54, 1.807) is 0 Å². The van der Waals surface area contributed by atoms with Crippen molar-refractivity contribution >= 4 is 19.0 Å². The minimum atomic E-state index is -1.59. The van der Waals surface area contributed by atoms with Crippen LogP contribution in [-0.4, -0.2) is 13.8 Å². The Balaban J connectivity index is 2.34. The van der Waals surface area contributed by atoms with Crippen LogP contribution in [0.15, 0.2) is 79.1 Å². The largest absolute Gasteiger partial charge is 0.252 e. The molecule has 186 valence electrons. The van der Waals surface area contributed by atoms with Crippen LogP contribution in [-0.2, 0) is 0 Å².